The van der Waals surface area contributed by atoms with Crippen LogP contribution in [0.3, 0.4) is 0 Å². The first-order valence-electron chi connectivity index (χ1n) is 6.54. The molecule has 1 aromatic rings. The quantitative estimate of drug-likeness (QED) is 0.833. The average molecular weight is 263 g/mol. The zero-order chi connectivity index (χ0) is 13.8. The molecule has 1 aliphatic rings. The van der Waals surface area contributed by atoms with Gasteiger partial charge in [0.15, 0.2) is 0 Å². The zero-order valence-electron chi connectivity index (χ0n) is 11.6. The third-order valence-electron chi connectivity index (χ3n) is 3.49. The summed E-state index contributed by atoms with van der Waals surface area (Å²) in [4.78, 5) is 15.9. The Balaban J connectivity index is 2.02. The van der Waals surface area contributed by atoms with Gasteiger partial charge in [0.1, 0.15) is 5.75 Å². The number of hydrogen-bond donors (Lipinski definition) is 1. The van der Waals surface area contributed by atoms with Gasteiger partial charge in [-0.3, -0.25) is 4.79 Å². The predicted octanol–water partition coefficient (Wildman–Crippen LogP) is 1.34. The van der Waals surface area contributed by atoms with Crippen LogP contribution in [-0.2, 0) is 4.79 Å². The number of carbonyl (C=O) groups excluding carboxylic acids is 1. The minimum atomic E-state index is 0.177. The summed E-state index contributed by atoms with van der Waals surface area (Å²) >= 11 is 0. The van der Waals surface area contributed by atoms with E-state index >= 15 is 0 Å². The Morgan fingerprint density at radius 1 is 1.42 bits per heavy atom. The molecule has 0 radical (unpaired) electrons. The van der Waals surface area contributed by atoms with Crippen molar-refractivity contribution in [3.63, 3.8) is 0 Å². The fourth-order valence-corrected chi connectivity index (χ4v) is 2.30. The number of ether oxygens (including phenoxy) is 1. The highest BCUT2D eigenvalue weighted by Gasteiger charge is 2.19. The summed E-state index contributed by atoms with van der Waals surface area (Å²) in [7, 11) is 3.49. The molecule has 0 aromatic heterocycles. The van der Waals surface area contributed by atoms with E-state index < -0.39 is 0 Å². The van der Waals surface area contributed by atoms with Gasteiger partial charge in [0.05, 0.1) is 19.3 Å². The second kappa shape index (κ2) is 5.82. The summed E-state index contributed by atoms with van der Waals surface area (Å²) < 4.78 is 5.19. The maximum absolute atomic E-state index is 12.1. The first-order valence-corrected chi connectivity index (χ1v) is 6.54. The lowest BCUT2D eigenvalue weighted by molar-refractivity contribution is -0.128. The first-order chi connectivity index (χ1) is 9.11. The third kappa shape index (κ3) is 3.10. The molecule has 1 aliphatic heterocycles. The Morgan fingerprint density at radius 2 is 2.11 bits per heavy atom. The minimum Gasteiger partial charge on any atom is -0.495 e. The summed E-state index contributed by atoms with van der Waals surface area (Å²) in [6.07, 6.45) is 2.23. The van der Waals surface area contributed by atoms with Gasteiger partial charge in [-0.2, -0.15) is 0 Å². The Bertz CT molecular complexity index is 456. The first kappa shape index (κ1) is 13.5. The van der Waals surface area contributed by atoms with Gasteiger partial charge >= 0.3 is 0 Å². The third-order valence-corrected chi connectivity index (χ3v) is 3.49. The number of likely N-dealkylation sites (tertiary alicyclic amines) is 1. The highest BCUT2D eigenvalue weighted by molar-refractivity contribution is 5.82. The molecule has 0 unspecified atom stereocenters. The van der Waals surface area contributed by atoms with Gasteiger partial charge in [-0.15, -0.1) is 0 Å². The Kier molecular flexibility index (Phi) is 4.14. The molecule has 19 heavy (non-hydrogen) atoms. The van der Waals surface area contributed by atoms with Crippen LogP contribution in [0, 0.1) is 0 Å². The van der Waals surface area contributed by atoms with Crippen molar-refractivity contribution in [2.45, 2.75) is 12.8 Å². The van der Waals surface area contributed by atoms with Crippen molar-refractivity contribution < 1.29 is 9.53 Å². The lowest BCUT2D eigenvalue weighted by Crippen LogP contribution is -2.37. The second-order valence-electron chi connectivity index (χ2n) is 4.87. The number of amides is 1. The highest BCUT2D eigenvalue weighted by atomic mass is 16.5. The standard InChI is InChI=1S/C14H21N3O2/c1-16(10-14(18)17-7-3-4-8-17)11-5-6-12(15)13(9-11)19-2/h5-6,9H,3-4,7-8,10,15H2,1-2H3. The van der Waals surface area contributed by atoms with E-state index in [1.165, 1.54) is 0 Å². The van der Waals surface area contributed by atoms with E-state index in [9.17, 15) is 4.79 Å². The number of rotatable bonds is 4. The van der Waals surface area contributed by atoms with E-state index in [0.29, 0.717) is 18.0 Å². The molecule has 1 fully saturated rings. The maximum atomic E-state index is 12.1. The molecule has 5 nitrogen and oxygen atoms in total. The number of methoxy groups -OCH3 is 1. The maximum Gasteiger partial charge on any atom is 0.242 e. The van der Waals surface area contributed by atoms with E-state index in [-0.39, 0.29) is 5.91 Å². The topological polar surface area (TPSA) is 58.8 Å². The van der Waals surface area contributed by atoms with Crippen LogP contribution in [0.15, 0.2) is 18.2 Å². The number of benzene rings is 1. The van der Waals surface area contributed by atoms with Gasteiger partial charge in [0, 0.05) is 31.9 Å². The number of nitrogens with zero attached hydrogens (tertiary/aromatic N) is 2. The Hall–Kier alpha value is -1.91. The monoisotopic (exact) mass is 263 g/mol. The van der Waals surface area contributed by atoms with Gasteiger partial charge in [0.25, 0.3) is 0 Å². The van der Waals surface area contributed by atoms with Crippen molar-refractivity contribution in [1.82, 2.24) is 4.90 Å². The number of hydrogen-bond acceptors (Lipinski definition) is 4. The molecular weight excluding hydrogens is 242 g/mol. The average Bonchev–Trinajstić information content (AvgIpc) is 2.93. The number of nitrogens with two attached hydrogens (primary N) is 1. The Labute approximate surface area is 113 Å². The van der Waals surface area contributed by atoms with E-state index in [0.717, 1.165) is 31.6 Å². The van der Waals surface area contributed by atoms with Crippen molar-refractivity contribution in [1.29, 1.82) is 0 Å². The van der Waals surface area contributed by atoms with E-state index in [2.05, 4.69) is 0 Å². The van der Waals surface area contributed by atoms with Gasteiger partial charge in [-0.05, 0) is 25.0 Å². The highest BCUT2D eigenvalue weighted by Crippen LogP contribution is 2.26. The fourth-order valence-electron chi connectivity index (χ4n) is 2.30. The normalized spacial score (nSPS) is 14.5. The van der Waals surface area contributed by atoms with Crippen LogP contribution in [0.5, 0.6) is 5.75 Å². The van der Waals surface area contributed by atoms with E-state index in [1.807, 2.05) is 29.0 Å². The van der Waals surface area contributed by atoms with Crippen molar-refractivity contribution in [3.8, 4) is 5.75 Å². The van der Waals surface area contributed by atoms with Crippen molar-refractivity contribution in [2.75, 3.05) is 44.4 Å². The van der Waals surface area contributed by atoms with Crippen molar-refractivity contribution in [3.05, 3.63) is 18.2 Å². The molecule has 0 spiro atoms. The molecule has 1 amide bonds. The predicted molar refractivity (Wildman–Crippen MR) is 76.5 cm³/mol. The lowest BCUT2D eigenvalue weighted by Gasteiger charge is -2.23. The fraction of sp³-hybridized carbons (Fsp3) is 0.500. The largest absolute Gasteiger partial charge is 0.495 e. The molecule has 1 aromatic carbocycles. The van der Waals surface area contributed by atoms with Gasteiger partial charge in [-0.1, -0.05) is 0 Å². The van der Waals surface area contributed by atoms with E-state index in [4.69, 9.17) is 10.5 Å². The molecule has 2 rings (SSSR count). The van der Waals surface area contributed by atoms with Crippen molar-refractivity contribution >= 4 is 17.3 Å². The van der Waals surface area contributed by atoms with Crippen LogP contribution in [-0.4, -0.2) is 44.6 Å². The molecule has 0 atom stereocenters. The molecule has 0 bridgehead atoms. The van der Waals surface area contributed by atoms with Crippen LogP contribution in [0.25, 0.3) is 0 Å². The number of likely N-dealkylation sites (N-methyl/N-ethyl adjacent to an activating group) is 1. The van der Waals surface area contributed by atoms with Crippen LogP contribution >= 0.6 is 0 Å². The number of nitrogen functional groups attached to an aromatic ring is 1. The summed E-state index contributed by atoms with van der Waals surface area (Å²) in [5.41, 5.74) is 7.31. The lowest BCUT2D eigenvalue weighted by atomic mass is 10.2. The van der Waals surface area contributed by atoms with Crippen molar-refractivity contribution in [2.24, 2.45) is 0 Å². The van der Waals surface area contributed by atoms with Crippen LogP contribution in [0.1, 0.15) is 12.8 Å². The SMILES string of the molecule is COc1cc(N(C)CC(=O)N2CCCC2)ccc1N. The molecule has 5 heteroatoms. The number of carbonyl (C=O) groups is 1. The number of anilines is 2. The summed E-state index contributed by atoms with van der Waals surface area (Å²) in [6.45, 7) is 2.16. The minimum absolute atomic E-state index is 0.177. The van der Waals surface area contributed by atoms with Gasteiger partial charge in [-0.25, -0.2) is 0 Å². The van der Waals surface area contributed by atoms with E-state index in [1.54, 1.807) is 13.2 Å². The molecule has 0 saturated carbocycles. The Morgan fingerprint density at radius 3 is 2.74 bits per heavy atom. The van der Waals surface area contributed by atoms with Gasteiger partial charge < -0.3 is 20.3 Å². The smallest absolute Gasteiger partial charge is 0.242 e. The molecule has 1 saturated heterocycles. The molecular formula is C14H21N3O2. The second-order valence-corrected chi connectivity index (χ2v) is 4.87. The van der Waals surface area contributed by atoms with Crippen LogP contribution in [0.2, 0.25) is 0 Å². The molecule has 0 aliphatic carbocycles. The summed E-state index contributed by atoms with van der Waals surface area (Å²) in [5.74, 6) is 0.814. The molecule has 1 heterocycles. The van der Waals surface area contributed by atoms with Crippen LogP contribution < -0.4 is 15.4 Å². The molecule has 2 N–H and O–H groups in total. The summed E-state index contributed by atoms with van der Waals surface area (Å²) in [5, 5.41) is 0. The zero-order valence-corrected chi connectivity index (χ0v) is 11.6. The molecule has 104 valence electrons. The van der Waals surface area contributed by atoms with Gasteiger partial charge in [0.2, 0.25) is 5.91 Å². The van der Waals surface area contributed by atoms with Crippen LogP contribution in [0.4, 0.5) is 11.4 Å². The summed E-state index contributed by atoms with van der Waals surface area (Å²) in [6, 6.07) is 5.55.